The maximum absolute atomic E-state index is 13.2. The van der Waals surface area contributed by atoms with Crippen LogP contribution < -0.4 is 10.2 Å². The van der Waals surface area contributed by atoms with E-state index in [-0.39, 0.29) is 19.1 Å². The van der Waals surface area contributed by atoms with Crippen molar-refractivity contribution in [2.75, 3.05) is 44.7 Å². The fourth-order valence-corrected chi connectivity index (χ4v) is 7.72. The predicted octanol–water partition coefficient (Wildman–Crippen LogP) is 7.55. The van der Waals surface area contributed by atoms with Crippen LogP contribution in [0.5, 0.6) is 0 Å². The molecule has 1 aliphatic carbocycles. The fourth-order valence-electron chi connectivity index (χ4n) is 6.37. The zero-order valence-corrected chi connectivity index (χ0v) is 28.0. The zero-order valence-electron chi connectivity index (χ0n) is 26.4. The molecule has 1 N–H and O–H groups in total. The summed E-state index contributed by atoms with van der Waals surface area (Å²) < 4.78 is 5.83. The molecule has 242 valence electrons. The van der Waals surface area contributed by atoms with Gasteiger partial charge in [0, 0.05) is 60.8 Å². The van der Waals surface area contributed by atoms with E-state index in [1.165, 1.54) is 22.9 Å². The Morgan fingerprint density at radius 1 is 0.917 bits per heavy atom. The lowest BCUT2D eigenvalue weighted by molar-refractivity contribution is 0.111. The molecule has 7 rings (SSSR count). The molecule has 3 aromatic carbocycles. The van der Waals surface area contributed by atoms with Crippen LogP contribution in [0.2, 0.25) is 5.02 Å². The fraction of sp³-hybridized carbons (Fsp3) is 0.211. The number of carbonyl (C=O) groups is 2. The number of benzene rings is 3. The molecule has 0 atom stereocenters. The highest BCUT2D eigenvalue weighted by Crippen LogP contribution is 2.45. The first-order valence-corrected chi connectivity index (χ1v) is 17.1. The summed E-state index contributed by atoms with van der Waals surface area (Å²) in [6.07, 6.45) is 3.61. The average molecular weight is 676 g/mol. The van der Waals surface area contributed by atoms with Crippen molar-refractivity contribution in [3.05, 3.63) is 125 Å². The van der Waals surface area contributed by atoms with Crippen LogP contribution >= 0.6 is 23.4 Å². The minimum Gasteiger partial charge on any atom is -0.449 e. The molecule has 1 aliphatic heterocycles. The van der Waals surface area contributed by atoms with E-state index in [2.05, 4.69) is 62.5 Å². The SMILES string of the molecule is CN1CCN(c2cc(-c3cc(Cl)c(Sc4cccnc4C=O)c(CNC(=O)OCC4c5ccccc5-c5ccccc54)c3)ccn2)CC1. The molecule has 1 fully saturated rings. The Hall–Kier alpha value is -4.70. The van der Waals surface area contributed by atoms with E-state index in [1.54, 1.807) is 12.3 Å². The van der Waals surface area contributed by atoms with Crippen LogP contribution in [0.4, 0.5) is 10.6 Å². The van der Waals surface area contributed by atoms with Crippen LogP contribution in [0.1, 0.15) is 33.1 Å². The van der Waals surface area contributed by atoms with Gasteiger partial charge in [-0.3, -0.25) is 9.78 Å². The number of carbonyl (C=O) groups excluding carboxylic acids is 2. The molecule has 3 heterocycles. The highest BCUT2D eigenvalue weighted by molar-refractivity contribution is 7.99. The standard InChI is InChI=1S/C38H34ClN5O3S/c1-43-15-17-44(18-16-43)36-21-25(12-14-41-36)26-19-27(37(33(39)20-26)48-35-11-6-13-40-34(35)23-45)22-42-38(46)47-24-32-30-9-4-2-7-28(30)29-8-3-5-10-31(29)32/h2-14,19-21,23,32H,15-18,22,24H2,1H3,(H,42,46). The van der Waals surface area contributed by atoms with E-state index in [0.29, 0.717) is 15.6 Å². The Balaban J connectivity index is 1.13. The number of piperazine rings is 1. The molecule has 48 heavy (non-hydrogen) atoms. The van der Waals surface area contributed by atoms with Gasteiger partial charge in [0.1, 0.15) is 18.1 Å². The van der Waals surface area contributed by atoms with Crippen LogP contribution in [-0.4, -0.2) is 67.1 Å². The molecule has 0 radical (unpaired) electrons. The third-order valence-electron chi connectivity index (χ3n) is 8.92. The highest BCUT2D eigenvalue weighted by Gasteiger charge is 2.29. The van der Waals surface area contributed by atoms with E-state index in [9.17, 15) is 9.59 Å². The van der Waals surface area contributed by atoms with Crippen molar-refractivity contribution in [3.63, 3.8) is 0 Å². The number of nitrogens with one attached hydrogen (secondary N) is 1. The van der Waals surface area contributed by atoms with Crippen LogP contribution in [-0.2, 0) is 11.3 Å². The van der Waals surface area contributed by atoms with Gasteiger partial charge in [0.25, 0.3) is 0 Å². The van der Waals surface area contributed by atoms with Gasteiger partial charge in [-0.2, -0.15) is 0 Å². The van der Waals surface area contributed by atoms with Crippen molar-refractivity contribution < 1.29 is 14.3 Å². The quantitative estimate of drug-likeness (QED) is 0.160. The smallest absolute Gasteiger partial charge is 0.407 e. The number of ether oxygens (including phenoxy) is 1. The molecule has 2 aromatic heterocycles. The Morgan fingerprint density at radius 3 is 2.38 bits per heavy atom. The lowest BCUT2D eigenvalue weighted by Gasteiger charge is -2.33. The van der Waals surface area contributed by atoms with E-state index in [1.807, 2.05) is 54.7 Å². The van der Waals surface area contributed by atoms with Gasteiger partial charge in [-0.15, -0.1) is 0 Å². The third-order valence-corrected chi connectivity index (χ3v) is 10.6. The summed E-state index contributed by atoms with van der Waals surface area (Å²) in [5.41, 5.74) is 7.63. The van der Waals surface area contributed by atoms with Gasteiger partial charge in [-0.1, -0.05) is 71.9 Å². The van der Waals surface area contributed by atoms with Gasteiger partial charge in [-0.25, -0.2) is 9.78 Å². The number of aromatic nitrogens is 2. The molecule has 0 saturated carbocycles. The van der Waals surface area contributed by atoms with Crippen molar-refractivity contribution in [3.8, 4) is 22.3 Å². The molecule has 0 spiro atoms. The number of alkyl carbamates (subject to hydrolysis) is 1. The summed E-state index contributed by atoms with van der Waals surface area (Å²) in [6.45, 7) is 4.15. The number of halogens is 1. The molecule has 0 bridgehead atoms. The highest BCUT2D eigenvalue weighted by atomic mass is 35.5. The molecule has 5 aromatic rings. The Labute approximate surface area is 289 Å². The Bertz CT molecular complexity index is 1930. The van der Waals surface area contributed by atoms with Crippen LogP contribution in [0.15, 0.2) is 107 Å². The second kappa shape index (κ2) is 14.2. The maximum atomic E-state index is 13.2. The molecular formula is C38H34ClN5O3S. The number of hydrogen-bond acceptors (Lipinski definition) is 8. The molecule has 1 saturated heterocycles. The zero-order chi connectivity index (χ0) is 33.0. The van der Waals surface area contributed by atoms with Crippen molar-refractivity contribution in [2.45, 2.75) is 22.3 Å². The van der Waals surface area contributed by atoms with E-state index in [0.717, 1.165) is 71.0 Å². The predicted molar refractivity (Wildman–Crippen MR) is 190 cm³/mol. The first kappa shape index (κ1) is 31.9. The Morgan fingerprint density at radius 2 is 1.65 bits per heavy atom. The van der Waals surface area contributed by atoms with Gasteiger partial charge in [0.2, 0.25) is 0 Å². The Kier molecular flexibility index (Phi) is 9.43. The summed E-state index contributed by atoms with van der Waals surface area (Å²) in [7, 11) is 2.13. The second-order valence-corrected chi connectivity index (χ2v) is 13.4. The number of aldehydes is 1. The average Bonchev–Trinajstić information content (AvgIpc) is 3.45. The minimum absolute atomic E-state index is 0.0411. The van der Waals surface area contributed by atoms with Crippen molar-refractivity contribution >= 4 is 41.6 Å². The number of anilines is 1. The minimum atomic E-state index is -0.523. The number of likely N-dealkylation sites (N-methyl/N-ethyl adjacent to an activating group) is 1. The first-order chi connectivity index (χ1) is 23.5. The molecule has 0 unspecified atom stereocenters. The number of hydrogen-bond donors (Lipinski definition) is 1. The summed E-state index contributed by atoms with van der Waals surface area (Å²) in [4.78, 5) is 39.8. The van der Waals surface area contributed by atoms with Crippen LogP contribution in [0.3, 0.4) is 0 Å². The molecule has 1 amide bonds. The summed E-state index contributed by atoms with van der Waals surface area (Å²) in [5.74, 6) is 0.875. The van der Waals surface area contributed by atoms with E-state index in [4.69, 9.17) is 16.3 Å². The molecule has 8 nitrogen and oxygen atoms in total. The molecule has 10 heteroatoms. The van der Waals surface area contributed by atoms with Gasteiger partial charge in [-0.05, 0) is 82.4 Å². The number of amides is 1. The van der Waals surface area contributed by atoms with Crippen molar-refractivity contribution in [1.29, 1.82) is 0 Å². The number of nitrogens with zero attached hydrogens (tertiary/aromatic N) is 4. The molecule has 2 aliphatic rings. The van der Waals surface area contributed by atoms with Crippen LogP contribution in [0, 0.1) is 0 Å². The van der Waals surface area contributed by atoms with Gasteiger partial charge < -0.3 is 19.9 Å². The number of pyridine rings is 2. The summed E-state index contributed by atoms with van der Waals surface area (Å²) in [6, 6.07) is 28.1. The van der Waals surface area contributed by atoms with E-state index >= 15 is 0 Å². The van der Waals surface area contributed by atoms with E-state index < -0.39 is 6.09 Å². The summed E-state index contributed by atoms with van der Waals surface area (Å²) >= 11 is 8.34. The van der Waals surface area contributed by atoms with Gasteiger partial charge in [0.15, 0.2) is 6.29 Å². The van der Waals surface area contributed by atoms with Crippen molar-refractivity contribution in [1.82, 2.24) is 20.2 Å². The summed E-state index contributed by atoms with van der Waals surface area (Å²) in [5, 5.41) is 3.46. The lowest BCUT2D eigenvalue weighted by atomic mass is 9.98. The third kappa shape index (κ3) is 6.67. The van der Waals surface area contributed by atoms with Gasteiger partial charge >= 0.3 is 6.09 Å². The first-order valence-electron chi connectivity index (χ1n) is 15.9. The van der Waals surface area contributed by atoms with Gasteiger partial charge in [0.05, 0.1) is 5.02 Å². The van der Waals surface area contributed by atoms with Crippen LogP contribution in [0.25, 0.3) is 22.3 Å². The van der Waals surface area contributed by atoms with Crippen molar-refractivity contribution in [2.24, 2.45) is 0 Å². The number of rotatable bonds is 9. The monoisotopic (exact) mass is 675 g/mol. The largest absolute Gasteiger partial charge is 0.449 e. The lowest BCUT2D eigenvalue weighted by Crippen LogP contribution is -2.44. The molecular weight excluding hydrogens is 642 g/mol. The topological polar surface area (TPSA) is 87.7 Å². The normalized spacial score (nSPS) is 14.3. The number of fused-ring (bicyclic) bond motifs is 3. The maximum Gasteiger partial charge on any atom is 0.407 e. The second-order valence-electron chi connectivity index (χ2n) is 11.9.